The normalized spacial score (nSPS) is 22.9. The molecule has 1 unspecified atom stereocenters. The molecule has 0 saturated heterocycles. The zero-order chi connectivity index (χ0) is 13.9. The van der Waals surface area contributed by atoms with Crippen LogP contribution in [0.25, 0.3) is 0 Å². The number of rotatable bonds is 4. The van der Waals surface area contributed by atoms with Crippen LogP contribution in [0.15, 0.2) is 24.5 Å². The summed E-state index contributed by atoms with van der Waals surface area (Å²) in [5.41, 5.74) is 1.02. The zero-order valence-corrected chi connectivity index (χ0v) is 12.3. The van der Waals surface area contributed by atoms with Crippen LogP contribution >= 0.6 is 0 Å². The Balaban J connectivity index is 1.85. The molecule has 1 heterocycles. The van der Waals surface area contributed by atoms with Gasteiger partial charge >= 0.3 is 0 Å². The molecule has 3 heteroatoms. The maximum Gasteiger partial charge on any atom is 0.0772 e. The average molecular weight is 262 g/mol. The van der Waals surface area contributed by atoms with Crippen LogP contribution in [-0.4, -0.2) is 22.2 Å². The predicted octanol–water partition coefficient (Wildman–Crippen LogP) is 3.06. The van der Waals surface area contributed by atoms with Crippen molar-refractivity contribution in [3.05, 3.63) is 30.1 Å². The van der Waals surface area contributed by atoms with Crippen LogP contribution in [0.3, 0.4) is 0 Å². The molecule has 2 N–H and O–H groups in total. The quantitative estimate of drug-likeness (QED) is 0.876. The predicted molar refractivity (Wildman–Crippen MR) is 77.9 cm³/mol. The third-order valence-electron chi connectivity index (χ3n) is 4.46. The largest absolute Gasteiger partial charge is 0.389 e. The summed E-state index contributed by atoms with van der Waals surface area (Å²) in [5.74, 6) is 0. The van der Waals surface area contributed by atoms with Crippen LogP contribution in [0.2, 0.25) is 0 Å². The average Bonchev–Trinajstić information content (AvgIpc) is 2.41. The first-order valence-corrected chi connectivity index (χ1v) is 7.26. The lowest BCUT2D eigenvalue weighted by atomic mass is 9.71. The molecule has 1 saturated carbocycles. The number of nitrogens with one attached hydrogen (secondary N) is 1. The van der Waals surface area contributed by atoms with Gasteiger partial charge in [-0.25, -0.2) is 0 Å². The van der Waals surface area contributed by atoms with E-state index < -0.39 is 5.60 Å². The van der Waals surface area contributed by atoms with Gasteiger partial charge in [0.1, 0.15) is 0 Å². The summed E-state index contributed by atoms with van der Waals surface area (Å²) in [6.45, 7) is 7.36. The summed E-state index contributed by atoms with van der Waals surface area (Å²) in [5, 5.41) is 14.1. The number of aliphatic hydroxyl groups is 1. The molecule has 1 aromatic heterocycles. The minimum atomic E-state index is -0.536. The summed E-state index contributed by atoms with van der Waals surface area (Å²) in [6.07, 6.45) is 7.66. The molecule has 0 radical (unpaired) electrons. The first kappa shape index (κ1) is 14.5. The topological polar surface area (TPSA) is 45.1 Å². The molecule has 1 fully saturated rings. The number of aromatic nitrogens is 1. The molecule has 2 rings (SSSR count). The van der Waals surface area contributed by atoms with E-state index >= 15 is 0 Å². The van der Waals surface area contributed by atoms with Crippen molar-refractivity contribution in [2.24, 2.45) is 5.41 Å². The summed E-state index contributed by atoms with van der Waals surface area (Å²) in [7, 11) is 0. The molecule has 1 aliphatic carbocycles. The van der Waals surface area contributed by atoms with E-state index in [-0.39, 0.29) is 6.04 Å². The standard InChI is InChI=1S/C16H26N2O/c1-13(14-5-4-10-17-11-14)18-12-16(19)8-6-15(2,3)7-9-16/h4-5,10-11,13,18-19H,6-9,12H2,1-3H3. The summed E-state index contributed by atoms with van der Waals surface area (Å²) < 4.78 is 0. The van der Waals surface area contributed by atoms with Gasteiger partial charge in [0.25, 0.3) is 0 Å². The molecule has 3 nitrogen and oxygen atoms in total. The first-order chi connectivity index (χ1) is 8.90. The van der Waals surface area contributed by atoms with Crippen molar-refractivity contribution in [3.63, 3.8) is 0 Å². The highest BCUT2D eigenvalue weighted by Crippen LogP contribution is 2.40. The second-order valence-electron chi connectivity index (χ2n) is 6.78. The third kappa shape index (κ3) is 4.02. The van der Waals surface area contributed by atoms with Crippen molar-refractivity contribution in [1.29, 1.82) is 0 Å². The highest BCUT2D eigenvalue weighted by Gasteiger charge is 2.36. The fourth-order valence-corrected chi connectivity index (χ4v) is 2.66. The lowest BCUT2D eigenvalue weighted by molar-refractivity contribution is -0.0258. The SMILES string of the molecule is CC(NCC1(O)CCC(C)(C)CC1)c1cccnc1. The smallest absolute Gasteiger partial charge is 0.0772 e. The summed E-state index contributed by atoms with van der Waals surface area (Å²) in [6, 6.07) is 4.25. The zero-order valence-electron chi connectivity index (χ0n) is 12.3. The van der Waals surface area contributed by atoms with Crippen LogP contribution in [0.4, 0.5) is 0 Å². The fraction of sp³-hybridized carbons (Fsp3) is 0.688. The van der Waals surface area contributed by atoms with Gasteiger partial charge in [-0.2, -0.15) is 0 Å². The Labute approximate surface area is 116 Å². The van der Waals surface area contributed by atoms with Gasteiger partial charge in [0.15, 0.2) is 0 Å². The lowest BCUT2D eigenvalue weighted by Crippen LogP contribution is -2.45. The van der Waals surface area contributed by atoms with Crippen molar-refractivity contribution in [2.45, 2.75) is 58.1 Å². The maximum absolute atomic E-state index is 10.6. The second kappa shape index (κ2) is 5.59. The van der Waals surface area contributed by atoms with E-state index in [0.29, 0.717) is 12.0 Å². The molecule has 0 bridgehead atoms. The molecule has 19 heavy (non-hydrogen) atoms. The Morgan fingerprint density at radius 3 is 2.58 bits per heavy atom. The fourth-order valence-electron chi connectivity index (χ4n) is 2.66. The Hall–Kier alpha value is -0.930. The number of hydrogen-bond acceptors (Lipinski definition) is 3. The molecule has 0 spiro atoms. The van der Waals surface area contributed by atoms with E-state index in [9.17, 15) is 5.11 Å². The Bertz CT molecular complexity index is 392. The van der Waals surface area contributed by atoms with Crippen molar-refractivity contribution < 1.29 is 5.11 Å². The van der Waals surface area contributed by atoms with Crippen molar-refractivity contribution in [2.75, 3.05) is 6.54 Å². The Kier molecular flexibility index (Phi) is 4.26. The molecule has 0 amide bonds. The lowest BCUT2D eigenvalue weighted by Gasteiger charge is -2.40. The third-order valence-corrected chi connectivity index (χ3v) is 4.46. The van der Waals surface area contributed by atoms with Crippen LogP contribution in [0, 0.1) is 5.41 Å². The van der Waals surface area contributed by atoms with Gasteiger partial charge in [0, 0.05) is 25.0 Å². The van der Waals surface area contributed by atoms with E-state index in [0.717, 1.165) is 25.7 Å². The molecular weight excluding hydrogens is 236 g/mol. The molecule has 1 atom stereocenters. The van der Waals surface area contributed by atoms with Gasteiger partial charge in [-0.15, -0.1) is 0 Å². The highest BCUT2D eigenvalue weighted by molar-refractivity contribution is 5.13. The van der Waals surface area contributed by atoms with Crippen molar-refractivity contribution >= 4 is 0 Å². The van der Waals surface area contributed by atoms with Crippen LogP contribution in [-0.2, 0) is 0 Å². The molecular formula is C16H26N2O. The van der Waals surface area contributed by atoms with Gasteiger partial charge < -0.3 is 10.4 Å². The van der Waals surface area contributed by atoms with E-state index in [1.165, 1.54) is 5.56 Å². The number of pyridine rings is 1. The number of nitrogens with zero attached hydrogens (tertiary/aromatic N) is 1. The minimum Gasteiger partial charge on any atom is -0.389 e. The number of hydrogen-bond donors (Lipinski definition) is 2. The molecule has 0 aliphatic heterocycles. The van der Waals surface area contributed by atoms with Crippen LogP contribution < -0.4 is 5.32 Å². The molecule has 1 aliphatic rings. The van der Waals surface area contributed by atoms with E-state index in [1.807, 2.05) is 12.3 Å². The van der Waals surface area contributed by atoms with Gasteiger partial charge in [-0.3, -0.25) is 4.98 Å². The van der Waals surface area contributed by atoms with E-state index in [4.69, 9.17) is 0 Å². The Morgan fingerprint density at radius 2 is 2.00 bits per heavy atom. The minimum absolute atomic E-state index is 0.229. The van der Waals surface area contributed by atoms with Crippen molar-refractivity contribution in [1.82, 2.24) is 10.3 Å². The van der Waals surface area contributed by atoms with Gasteiger partial charge in [-0.05, 0) is 49.7 Å². The molecule has 106 valence electrons. The summed E-state index contributed by atoms with van der Waals surface area (Å²) in [4.78, 5) is 4.13. The van der Waals surface area contributed by atoms with Gasteiger partial charge in [0.05, 0.1) is 5.60 Å². The Morgan fingerprint density at radius 1 is 1.32 bits per heavy atom. The van der Waals surface area contributed by atoms with E-state index in [1.54, 1.807) is 6.20 Å². The van der Waals surface area contributed by atoms with E-state index in [2.05, 4.69) is 37.1 Å². The van der Waals surface area contributed by atoms with Crippen LogP contribution in [0.5, 0.6) is 0 Å². The maximum atomic E-state index is 10.6. The van der Waals surface area contributed by atoms with Crippen molar-refractivity contribution in [3.8, 4) is 0 Å². The highest BCUT2D eigenvalue weighted by atomic mass is 16.3. The molecule has 1 aromatic rings. The monoisotopic (exact) mass is 262 g/mol. The van der Waals surface area contributed by atoms with Gasteiger partial charge in [-0.1, -0.05) is 19.9 Å². The first-order valence-electron chi connectivity index (χ1n) is 7.26. The molecule has 0 aromatic carbocycles. The second-order valence-corrected chi connectivity index (χ2v) is 6.78. The van der Waals surface area contributed by atoms with Gasteiger partial charge in [0.2, 0.25) is 0 Å². The summed E-state index contributed by atoms with van der Waals surface area (Å²) >= 11 is 0. The van der Waals surface area contributed by atoms with Crippen LogP contribution in [0.1, 0.15) is 58.1 Å².